The molecule has 1 heterocycles. The minimum absolute atomic E-state index is 0.00968. The molecule has 0 radical (unpaired) electrons. The highest BCUT2D eigenvalue weighted by Gasteiger charge is 2.39. The number of carbonyl (C=O) groups excluding carboxylic acids is 3. The molecule has 30 heavy (non-hydrogen) atoms. The van der Waals surface area contributed by atoms with Gasteiger partial charge in [0.1, 0.15) is 0 Å². The van der Waals surface area contributed by atoms with Gasteiger partial charge in [0.25, 0.3) is 5.91 Å². The summed E-state index contributed by atoms with van der Waals surface area (Å²) in [5.41, 5.74) is 1.27. The maximum atomic E-state index is 12.9. The fourth-order valence-corrected chi connectivity index (χ4v) is 4.07. The van der Waals surface area contributed by atoms with Crippen molar-refractivity contribution >= 4 is 23.4 Å². The number of hydrogen-bond acceptors (Lipinski definition) is 4. The summed E-state index contributed by atoms with van der Waals surface area (Å²) in [6.07, 6.45) is 2.62. The number of hydrogen-bond donors (Lipinski definition) is 2. The van der Waals surface area contributed by atoms with E-state index in [2.05, 4.69) is 22.5 Å². The molecule has 1 saturated carbocycles. The first kappa shape index (κ1) is 22.3. The summed E-state index contributed by atoms with van der Waals surface area (Å²) in [5, 5.41) is 5.85. The zero-order valence-corrected chi connectivity index (χ0v) is 18.5. The highest BCUT2D eigenvalue weighted by molar-refractivity contribution is 5.98. The van der Waals surface area contributed by atoms with Gasteiger partial charge in [0.2, 0.25) is 11.8 Å². The Hall–Kier alpha value is -2.41. The van der Waals surface area contributed by atoms with Crippen LogP contribution in [0.15, 0.2) is 24.3 Å². The smallest absolute Gasteiger partial charge is 0.253 e. The number of likely N-dealkylation sites (tertiary alicyclic amines) is 1. The van der Waals surface area contributed by atoms with E-state index >= 15 is 0 Å². The Morgan fingerprint density at radius 2 is 1.87 bits per heavy atom. The molecule has 0 aromatic heterocycles. The third-order valence-corrected chi connectivity index (χ3v) is 6.04. The number of carbonyl (C=O) groups is 3. The molecule has 2 atom stereocenters. The van der Waals surface area contributed by atoms with Gasteiger partial charge in [0, 0.05) is 42.3 Å². The number of amides is 3. The van der Waals surface area contributed by atoms with Gasteiger partial charge in [-0.05, 0) is 64.3 Å². The van der Waals surface area contributed by atoms with E-state index in [1.165, 1.54) is 0 Å². The Morgan fingerprint density at radius 3 is 2.47 bits per heavy atom. The van der Waals surface area contributed by atoms with Crippen molar-refractivity contribution in [3.05, 3.63) is 29.8 Å². The third-order valence-electron chi connectivity index (χ3n) is 6.04. The molecule has 3 rings (SSSR count). The molecule has 1 aromatic rings. The fraction of sp³-hybridized carbons (Fsp3) is 0.609. The molecule has 1 aliphatic heterocycles. The van der Waals surface area contributed by atoms with Crippen LogP contribution in [0, 0.1) is 11.8 Å². The molecule has 2 N–H and O–H groups in total. The summed E-state index contributed by atoms with van der Waals surface area (Å²) in [4.78, 5) is 41.0. The lowest BCUT2D eigenvalue weighted by Gasteiger charge is -2.36. The van der Waals surface area contributed by atoms with Crippen LogP contribution >= 0.6 is 0 Å². The highest BCUT2D eigenvalue weighted by Crippen LogP contribution is 2.38. The summed E-state index contributed by atoms with van der Waals surface area (Å²) in [6.45, 7) is 7.68. The van der Waals surface area contributed by atoms with Crippen LogP contribution in [0.2, 0.25) is 0 Å². The average molecular weight is 415 g/mol. The van der Waals surface area contributed by atoms with Crippen LogP contribution in [-0.2, 0) is 9.59 Å². The van der Waals surface area contributed by atoms with Gasteiger partial charge in [0.15, 0.2) is 0 Å². The molecular formula is C23H34N4O3. The molecular weight excluding hydrogens is 380 g/mol. The Balaban J connectivity index is 1.51. The summed E-state index contributed by atoms with van der Waals surface area (Å²) in [5.74, 6) is 0.612. The molecule has 1 saturated heterocycles. The minimum Gasteiger partial charge on any atom is -0.353 e. The first-order valence-corrected chi connectivity index (χ1v) is 10.9. The molecule has 1 aliphatic carbocycles. The number of benzene rings is 1. The Bertz CT molecular complexity index is 786. The molecule has 2 aliphatic rings. The van der Waals surface area contributed by atoms with Crippen molar-refractivity contribution in [2.75, 3.05) is 32.0 Å². The fourth-order valence-electron chi connectivity index (χ4n) is 4.07. The van der Waals surface area contributed by atoms with Crippen molar-refractivity contribution in [2.45, 2.75) is 52.1 Å². The van der Waals surface area contributed by atoms with Gasteiger partial charge in [-0.1, -0.05) is 13.0 Å². The normalized spacial score (nSPS) is 21.6. The number of anilines is 1. The van der Waals surface area contributed by atoms with Crippen molar-refractivity contribution in [3.63, 3.8) is 0 Å². The SMILES string of the molecule is CC(C)NC(=O)CN(C)C1CCN(C(=O)c2cccc(NC(=O)[C@@H]3C[C@H]3C)c2)CC1. The average Bonchev–Trinajstić information content (AvgIpc) is 3.44. The van der Waals surface area contributed by atoms with E-state index in [0.29, 0.717) is 36.8 Å². The van der Waals surface area contributed by atoms with E-state index in [9.17, 15) is 14.4 Å². The lowest BCUT2D eigenvalue weighted by molar-refractivity contribution is -0.123. The Kier molecular flexibility index (Phi) is 7.13. The molecule has 7 nitrogen and oxygen atoms in total. The first-order valence-electron chi connectivity index (χ1n) is 10.9. The summed E-state index contributed by atoms with van der Waals surface area (Å²) < 4.78 is 0. The summed E-state index contributed by atoms with van der Waals surface area (Å²) in [6, 6.07) is 7.63. The van der Waals surface area contributed by atoms with Crippen molar-refractivity contribution < 1.29 is 14.4 Å². The molecule has 0 spiro atoms. The Labute approximate surface area is 179 Å². The molecule has 2 fully saturated rings. The molecule has 0 unspecified atom stereocenters. The standard InChI is InChI=1S/C23H34N4O3/c1-15(2)24-21(28)14-26(4)19-8-10-27(11-9-19)23(30)17-6-5-7-18(13-17)25-22(29)20-12-16(20)3/h5-7,13,15-16,19-20H,8-12,14H2,1-4H3,(H,24,28)(H,25,29)/t16-,20-/m1/s1. The van der Waals surface area contributed by atoms with Crippen LogP contribution in [0.25, 0.3) is 0 Å². The molecule has 7 heteroatoms. The van der Waals surface area contributed by atoms with Gasteiger partial charge >= 0.3 is 0 Å². The number of rotatable bonds is 7. The molecule has 0 bridgehead atoms. The summed E-state index contributed by atoms with van der Waals surface area (Å²) in [7, 11) is 1.97. The zero-order valence-electron chi connectivity index (χ0n) is 18.5. The number of likely N-dealkylation sites (N-methyl/N-ethyl adjacent to an activating group) is 1. The lowest BCUT2D eigenvalue weighted by atomic mass is 10.0. The van der Waals surface area contributed by atoms with Gasteiger partial charge in [-0.2, -0.15) is 0 Å². The van der Waals surface area contributed by atoms with Gasteiger partial charge < -0.3 is 15.5 Å². The molecule has 3 amide bonds. The maximum Gasteiger partial charge on any atom is 0.253 e. The zero-order chi connectivity index (χ0) is 21.8. The predicted octanol–water partition coefficient (Wildman–Crippen LogP) is 2.34. The lowest BCUT2D eigenvalue weighted by Crippen LogP contribution is -2.48. The second-order valence-electron chi connectivity index (χ2n) is 9.05. The molecule has 164 valence electrons. The van der Waals surface area contributed by atoms with E-state index in [1.807, 2.05) is 37.9 Å². The van der Waals surface area contributed by atoms with E-state index in [1.54, 1.807) is 12.1 Å². The third kappa shape index (κ3) is 5.81. The molecule has 1 aromatic carbocycles. The van der Waals surface area contributed by atoms with E-state index < -0.39 is 0 Å². The van der Waals surface area contributed by atoms with Crippen LogP contribution < -0.4 is 10.6 Å². The first-order chi connectivity index (χ1) is 14.2. The second-order valence-corrected chi connectivity index (χ2v) is 9.05. The largest absolute Gasteiger partial charge is 0.353 e. The maximum absolute atomic E-state index is 12.9. The summed E-state index contributed by atoms with van der Waals surface area (Å²) >= 11 is 0. The van der Waals surface area contributed by atoms with Gasteiger partial charge in [0.05, 0.1) is 6.54 Å². The van der Waals surface area contributed by atoms with Crippen LogP contribution in [0.1, 0.15) is 50.4 Å². The van der Waals surface area contributed by atoms with Crippen molar-refractivity contribution in [1.29, 1.82) is 0 Å². The second kappa shape index (κ2) is 9.60. The predicted molar refractivity (Wildman–Crippen MR) is 117 cm³/mol. The van der Waals surface area contributed by atoms with Gasteiger partial charge in [-0.25, -0.2) is 0 Å². The number of nitrogens with one attached hydrogen (secondary N) is 2. The van der Waals surface area contributed by atoms with Crippen LogP contribution in [-0.4, -0.2) is 66.3 Å². The van der Waals surface area contributed by atoms with Crippen molar-refractivity contribution in [3.8, 4) is 0 Å². The Morgan fingerprint density at radius 1 is 1.20 bits per heavy atom. The van der Waals surface area contributed by atoms with Crippen LogP contribution in [0.4, 0.5) is 5.69 Å². The van der Waals surface area contributed by atoms with E-state index in [-0.39, 0.29) is 35.7 Å². The van der Waals surface area contributed by atoms with E-state index in [0.717, 1.165) is 19.3 Å². The van der Waals surface area contributed by atoms with Crippen LogP contribution in [0.5, 0.6) is 0 Å². The highest BCUT2D eigenvalue weighted by atomic mass is 16.2. The van der Waals surface area contributed by atoms with Gasteiger partial charge in [-0.15, -0.1) is 0 Å². The quantitative estimate of drug-likeness (QED) is 0.718. The van der Waals surface area contributed by atoms with Crippen molar-refractivity contribution in [2.24, 2.45) is 11.8 Å². The number of nitrogens with zero attached hydrogens (tertiary/aromatic N) is 2. The van der Waals surface area contributed by atoms with Crippen molar-refractivity contribution in [1.82, 2.24) is 15.1 Å². The van der Waals surface area contributed by atoms with Gasteiger partial charge in [-0.3, -0.25) is 19.3 Å². The number of piperidine rings is 1. The van der Waals surface area contributed by atoms with E-state index in [4.69, 9.17) is 0 Å². The van der Waals surface area contributed by atoms with Crippen LogP contribution in [0.3, 0.4) is 0 Å². The topological polar surface area (TPSA) is 81.8 Å². The minimum atomic E-state index is -0.00968. The monoisotopic (exact) mass is 414 g/mol.